The number of rotatable bonds is 2. The van der Waals surface area contributed by atoms with Crippen LogP contribution in [0.4, 0.5) is 0 Å². The second-order valence-electron chi connectivity index (χ2n) is 3.65. The van der Waals surface area contributed by atoms with Crippen molar-refractivity contribution < 1.29 is 0 Å². The molecule has 1 N–H and O–H groups in total. The van der Waals surface area contributed by atoms with Gasteiger partial charge in [0.2, 0.25) is 0 Å². The lowest BCUT2D eigenvalue weighted by Gasteiger charge is -2.09. The summed E-state index contributed by atoms with van der Waals surface area (Å²) in [6, 6.07) is 8.14. The molecule has 1 aromatic rings. The third kappa shape index (κ3) is 2.88. The smallest absolute Gasteiger partial charge is 0.0438 e. The van der Waals surface area contributed by atoms with Crippen LogP contribution in [0.5, 0.6) is 0 Å². The van der Waals surface area contributed by atoms with Crippen LogP contribution in [-0.2, 0) is 6.42 Å². The van der Waals surface area contributed by atoms with Crippen LogP contribution in [-0.4, -0.2) is 13.1 Å². The van der Waals surface area contributed by atoms with Crippen LogP contribution in [0.15, 0.2) is 24.3 Å². The van der Waals surface area contributed by atoms with Crippen LogP contribution in [0.3, 0.4) is 0 Å². The molecule has 0 radical (unpaired) electrons. The van der Waals surface area contributed by atoms with Gasteiger partial charge in [-0.2, -0.15) is 0 Å². The van der Waals surface area contributed by atoms with Crippen LogP contribution in [0.2, 0.25) is 5.02 Å². The Hall–Kier alpha value is -0.240. The van der Waals surface area contributed by atoms with E-state index >= 15 is 0 Å². The number of halogens is 2. The third-order valence-electron chi connectivity index (χ3n) is 2.63. The zero-order chi connectivity index (χ0) is 9.10. The largest absolute Gasteiger partial charge is 0.316 e. The minimum atomic E-state index is 0. The van der Waals surface area contributed by atoms with Crippen LogP contribution in [0.25, 0.3) is 0 Å². The van der Waals surface area contributed by atoms with Crippen molar-refractivity contribution in [2.24, 2.45) is 5.92 Å². The Kier molecular flexibility index (Phi) is 4.73. The van der Waals surface area contributed by atoms with Crippen molar-refractivity contribution in [3.8, 4) is 0 Å². The fourth-order valence-corrected chi connectivity index (χ4v) is 2.08. The first kappa shape index (κ1) is 11.8. The van der Waals surface area contributed by atoms with E-state index in [-0.39, 0.29) is 12.4 Å². The average Bonchev–Trinajstić information content (AvgIpc) is 2.61. The fourth-order valence-electron chi connectivity index (χ4n) is 1.86. The van der Waals surface area contributed by atoms with Gasteiger partial charge < -0.3 is 5.32 Å². The summed E-state index contributed by atoms with van der Waals surface area (Å²) >= 11 is 6.08. The van der Waals surface area contributed by atoms with Gasteiger partial charge in [0.15, 0.2) is 0 Å². The monoisotopic (exact) mass is 231 g/mol. The lowest BCUT2D eigenvalue weighted by atomic mass is 9.99. The second-order valence-corrected chi connectivity index (χ2v) is 4.06. The van der Waals surface area contributed by atoms with E-state index in [1.165, 1.54) is 12.0 Å². The van der Waals surface area contributed by atoms with E-state index in [4.69, 9.17) is 11.6 Å². The second kappa shape index (κ2) is 5.59. The van der Waals surface area contributed by atoms with Gasteiger partial charge in [0, 0.05) is 5.02 Å². The number of hydrogen-bond acceptors (Lipinski definition) is 1. The standard InChI is InChI=1S/C11H14ClN.ClH/c12-11-4-2-1-3-10(11)7-9-5-6-13-8-9;/h1-4,9,13H,5-8H2;1H. The molecule has 0 bridgehead atoms. The molecule has 1 atom stereocenters. The average molecular weight is 232 g/mol. The van der Waals surface area contributed by atoms with E-state index in [1.807, 2.05) is 12.1 Å². The van der Waals surface area contributed by atoms with E-state index in [0.717, 1.165) is 30.5 Å². The predicted molar refractivity (Wildman–Crippen MR) is 63.4 cm³/mol. The summed E-state index contributed by atoms with van der Waals surface area (Å²) in [5.41, 5.74) is 1.29. The van der Waals surface area contributed by atoms with E-state index < -0.39 is 0 Å². The summed E-state index contributed by atoms with van der Waals surface area (Å²) in [6.45, 7) is 2.31. The van der Waals surface area contributed by atoms with Gasteiger partial charge in [-0.25, -0.2) is 0 Å². The molecule has 0 spiro atoms. The molecule has 2 rings (SSSR count). The van der Waals surface area contributed by atoms with Gasteiger partial charge in [-0.1, -0.05) is 29.8 Å². The van der Waals surface area contributed by atoms with E-state index in [0.29, 0.717) is 0 Å². The number of benzene rings is 1. The van der Waals surface area contributed by atoms with E-state index in [2.05, 4.69) is 17.4 Å². The molecule has 1 aliphatic rings. The van der Waals surface area contributed by atoms with Crippen LogP contribution in [0.1, 0.15) is 12.0 Å². The Bertz CT molecular complexity index is 282. The first-order valence-corrected chi connectivity index (χ1v) is 5.18. The molecule has 14 heavy (non-hydrogen) atoms. The maximum Gasteiger partial charge on any atom is 0.0438 e. The van der Waals surface area contributed by atoms with Gasteiger partial charge in [-0.3, -0.25) is 0 Å². The van der Waals surface area contributed by atoms with Crippen molar-refractivity contribution in [2.45, 2.75) is 12.8 Å². The molecule has 1 aromatic carbocycles. The normalized spacial score (nSPS) is 20.5. The summed E-state index contributed by atoms with van der Waals surface area (Å²) in [5.74, 6) is 0.778. The number of nitrogens with one attached hydrogen (secondary N) is 1. The third-order valence-corrected chi connectivity index (χ3v) is 3.00. The van der Waals surface area contributed by atoms with Crippen LogP contribution < -0.4 is 5.32 Å². The summed E-state index contributed by atoms with van der Waals surface area (Å²) in [7, 11) is 0. The Morgan fingerprint density at radius 2 is 2.14 bits per heavy atom. The lowest BCUT2D eigenvalue weighted by molar-refractivity contribution is 0.580. The Morgan fingerprint density at radius 1 is 1.36 bits per heavy atom. The highest BCUT2D eigenvalue weighted by molar-refractivity contribution is 6.31. The van der Waals surface area contributed by atoms with Crippen molar-refractivity contribution in [3.05, 3.63) is 34.9 Å². The first-order chi connectivity index (χ1) is 6.36. The SMILES string of the molecule is Cl.Clc1ccccc1CC1CCNC1. The number of hydrogen-bond donors (Lipinski definition) is 1. The molecule has 0 aliphatic carbocycles. The molecule has 1 aliphatic heterocycles. The minimum Gasteiger partial charge on any atom is -0.316 e. The Morgan fingerprint density at radius 3 is 2.79 bits per heavy atom. The van der Waals surface area contributed by atoms with Gasteiger partial charge in [0.05, 0.1) is 0 Å². The highest BCUT2D eigenvalue weighted by Gasteiger charge is 2.15. The van der Waals surface area contributed by atoms with Crippen molar-refractivity contribution in [3.63, 3.8) is 0 Å². The molecule has 0 amide bonds. The highest BCUT2D eigenvalue weighted by atomic mass is 35.5. The molecular formula is C11H15Cl2N. The summed E-state index contributed by atoms with van der Waals surface area (Å²) in [6.07, 6.45) is 2.40. The molecular weight excluding hydrogens is 217 g/mol. The van der Waals surface area contributed by atoms with Gasteiger partial charge in [0.1, 0.15) is 0 Å². The highest BCUT2D eigenvalue weighted by Crippen LogP contribution is 2.21. The maximum absolute atomic E-state index is 6.08. The van der Waals surface area contributed by atoms with Gasteiger partial charge in [0.25, 0.3) is 0 Å². The zero-order valence-corrected chi connectivity index (χ0v) is 9.57. The molecule has 0 saturated carbocycles. The molecule has 1 unspecified atom stereocenters. The van der Waals surface area contributed by atoms with Crippen LogP contribution in [0, 0.1) is 5.92 Å². The van der Waals surface area contributed by atoms with Crippen molar-refractivity contribution in [2.75, 3.05) is 13.1 Å². The quantitative estimate of drug-likeness (QED) is 0.826. The van der Waals surface area contributed by atoms with Gasteiger partial charge in [-0.15, -0.1) is 12.4 Å². The molecule has 1 saturated heterocycles. The van der Waals surface area contributed by atoms with Gasteiger partial charge >= 0.3 is 0 Å². The molecule has 3 heteroatoms. The van der Waals surface area contributed by atoms with E-state index in [1.54, 1.807) is 0 Å². The van der Waals surface area contributed by atoms with Crippen LogP contribution >= 0.6 is 24.0 Å². The predicted octanol–water partition coefficient (Wildman–Crippen LogP) is 2.91. The molecule has 78 valence electrons. The topological polar surface area (TPSA) is 12.0 Å². The van der Waals surface area contributed by atoms with Crippen molar-refractivity contribution in [1.29, 1.82) is 0 Å². The summed E-state index contributed by atoms with van der Waals surface area (Å²) < 4.78 is 0. The van der Waals surface area contributed by atoms with E-state index in [9.17, 15) is 0 Å². The lowest BCUT2D eigenvalue weighted by Crippen LogP contribution is -2.10. The van der Waals surface area contributed by atoms with Crippen molar-refractivity contribution in [1.82, 2.24) is 5.32 Å². The van der Waals surface area contributed by atoms with Crippen molar-refractivity contribution >= 4 is 24.0 Å². The molecule has 1 fully saturated rings. The minimum absolute atomic E-state index is 0. The maximum atomic E-state index is 6.08. The zero-order valence-electron chi connectivity index (χ0n) is 8.00. The Balaban J connectivity index is 0.000000980. The fraction of sp³-hybridized carbons (Fsp3) is 0.455. The molecule has 1 nitrogen and oxygen atoms in total. The summed E-state index contributed by atoms with van der Waals surface area (Å²) in [5, 5.41) is 4.28. The molecule has 0 aromatic heterocycles. The molecule has 1 heterocycles. The van der Waals surface area contributed by atoms with Gasteiger partial charge in [-0.05, 0) is 43.5 Å². The summed E-state index contributed by atoms with van der Waals surface area (Å²) in [4.78, 5) is 0. The Labute approximate surface area is 96.3 Å². The first-order valence-electron chi connectivity index (χ1n) is 4.80.